The summed E-state index contributed by atoms with van der Waals surface area (Å²) in [5, 5.41) is 3.20. The number of ether oxygens (including phenoxy) is 2. The van der Waals surface area contributed by atoms with E-state index in [4.69, 9.17) is 9.47 Å². The Labute approximate surface area is 90.4 Å². The number of rotatable bonds is 4. The Morgan fingerprint density at radius 3 is 2.47 bits per heavy atom. The van der Waals surface area contributed by atoms with Crippen LogP contribution in [0.5, 0.6) is 5.75 Å². The van der Waals surface area contributed by atoms with Gasteiger partial charge in [-0.1, -0.05) is 12.1 Å². The molecule has 0 aromatic heterocycles. The topological polar surface area (TPSA) is 30.5 Å². The van der Waals surface area contributed by atoms with Gasteiger partial charge in [-0.2, -0.15) is 0 Å². The van der Waals surface area contributed by atoms with E-state index >= 15 is 0 Å². The minimum Gasteiger partial charge on any atom is -0.486 e. The van der Waals surface area contributed by atoms with E-state index in [1.807, 2.05) is 19.2 Å². The fourth-order valence-corrected chi connectivity index (χ4v) is 1.48. The number of hydrogen-bond acceptors (Lipinski definition) is 3. The minimum absolute atomic E-state index is 0.248. The normalized spacial score (nSPS) is 18.3. The van der Waals surface area contributed by atoms with E-state index in [9.17, 15) is 0 Å². The first kappa shape index (κ1) is 10.5. The molecule has 1 aliphatic heterocycles. The summed E-state index contributed by atoms with van der Waals surface area (Å²) in [5.74, 6) is 0.926. The van der Waals surface area contributed by atoms with Gasteiger partial charge in [-0.15, -0.1) is 0 Å². The van der Waals surface area contributed by atoms with E-state index in [0.29, 0.717) is 19.3 Å². The lowest BCUT2D eigenvalue weighted by atomic mass is 10.1. The van der Waals surface area contributed by atoms with Crippen molar-refractivity contribution in [3.05, 3.63) is 29.8 Å². The van der Waals surface area contributed by atoms with Crippen molar-refractivity contribution in [1.29, 1.82) is 0 Å². The molecular formula is C12H17NO2. The molecule has 3 nitrogen and oxygen atoms in total. The molecule has 0 bridgehead atoms. The molecule has 1 aromatic rings. The first-order chi connectivity index (χ1) is 7.29. The summed E-state index contributed by atoms with van der Waals surface area (Å²) in [5.41, 5.74) is 1.27. The Kier molecular flexibility index (Phi) is 3.23. The maximum Gasteiger partial charge on any atom is 0.145 e. The van der Waals surface area contributed by atoms with Gasteiger partial charge in [0.15, 0.2) is 0 Å². The lowest BCUT2D eigenvalue weighted by molar-refractivity contribution is -0.0796. The van der Waals surface area contributed by atoms with Crippen molar-refractivity contribution in [2.75, 3.05) is 20.3 Å². The molecule has 82 valence electrons. The van der Waals surface area contributed by atoms with Gasteiger partial charge >= 0.3 is 0 Å². The molecule has 0 spiro atoms. The highest BCUT2D eigenvalue weighted by Gasteiger charge is 2.19. The van der Waals surface area contributed by atoms with Gasteiger partial charge in [0.1, 0.15) is 11.9 Å². The van der Waals surface area contributed by atoms with E-state index in [1.165, 1.54) is 5.56 Å². The molecule has 1 heterocycles. The molecule has 0 aliphatic carbocycles. The van der Waals surface area contributed by atoms with Gasteiger partial charge in [-0.3, -0.25) is 0 Å². The number of benzene rings is 1. The first-order valence-electron chi connectivity index (χ1n) is 5.31. The molecule has 1 atom stereocenters. The highest BCUT2D eigenvalue weighted by molar-refractivity contribution is 5.29. The molecule has 0 saturated carbocycles. The van der Waals surface area contributed by atoms with Gasteiger partial charge in [0.2, 0.25) is 0 Å². The van der Waals surface area contributed by atoms with E-state index in [1.54, 1.807) is 0 Å². The molecule has 0 radical (unpaired) electrons. The third kappa shape index (κ3) is 2.49. The average Bonchev–Trinajstić information content (AvgIpc) is 2.23. The lowest BCUT2D eigenvalue weighted by Gasteiger charge is -2.26. The fourth-order valence-electron chi connectivity index (χ4n) is 1.48. The minimum atomic E-state index is 0.248. The maximum atomic E-state index is 5.67. The van der Waals surface area contributed by atoms with Crippen LogP contribution in [0.2, 0.25) is 0 Å². The zero-order valence-corrected chi connectivity index (χ0v) is 9.19. The van der Waals surface area contributed by atoms with Gasteiger partial charge in [-0.25, -0.2) is 0 Å². The summed E-state index contributed by atoms with van der Waals surface area (Å²) in [6.45, 7) is 3.57. The van der Waals surface area contributed by atoms with E-state index < -0.39 is 0 Å². The van der Waals surface area contributed by atoms with Crippen LogP contribution in [-0.2, 0) is 4.74 Å². The van der Waals surface area contributed by atoms with Crippen LogP contribution in [0.3, 0.4) is 0 Å². The summed E-state index contributed by atoms with van der Waals surface area (Å²) >= 11 is 0. The van der Waals surface area contributed by atoms with Crippen LogP contribution in [0.4, 0.5) is 0 Å². The maximum absolute atomic E-state index is 5.67. The Morgan fingerprint density at radius 2 is 2.00 bits per heavy atom. The number of nitrogens with one attached hydrogen (secondary N) is 1. The van der Waals surface area contributed by atoms with Crippen molar-refractivity contribution in [3.63, 3.8) is 0 Å². The smallest absolute Gasteiger partial charge is 0.145 e. The van der Waals surface area contributed by atoms with Crippen LogP contribution in [0.25, 0.3) is 0 Å². The van der Waals surface area contributed by atoms with E-state index in [0.717, 1.165) is 5.75 Å². The molecule has 1 N–H and O–H groups in total. The van der Waals surface area contributed by atoms with Crippen molar-refractivity contribution in [2.45, 2.75) is 19.1 Å². The van der Waals surface area contributed by atoms with Crippen LogP contribution in [-0.4, -0.2) is 26.4 Å². The monoisotopic (exact) mass is 207 g/mol. The molecule has 1 fully saturated rings. The van der Waals surface area contributed by atoms with Crippen LogP contribution in [0.15, 0.2) is 24.3 Å². The highest BCUT2D eigenvalue weighted by atomic mass is 16.6. The molecule has 15 heavy (non-hydrogen) atoms. The average molecular weight is 207 g/mol. The largest absolute Gasteiger partial charge is 0.486 e. The Bertz CT molecular complexity index is 306. The standard InChI is InChI=1S/C12H17NO2/c1-9(13-2)10-3-5-11(6-4-10)15-12-7-14-8-12/h3-6,9,12-13H,7-8H2,1-2H3. The van der Waals surface area contributed by atoms with Gasteiger partial charge in [-0.05, 0) is 31.7 Å². The summed E-state index contributed by atoms with van der Waals surface area (Å²) < 4.78 is 10.7. The second-order valence-corrected chi connectivity index (χ2v) is 3.86. The zero-order chi connectivity index (χ0) is 10.7. The van der Waals surface area contributed by atoms with Crippen LogP contribution < -0.4 is 10.1 Å². The Hall–Kier alpha value is -1.06. The van der Waals surface area contributed by atoms with Crippen molar-refractivity contribution >= 4 is 0 Å². The van der Waals surface area contributed by atoms with Crippen molar-refractivity contribution < 1.29 is 9.47 Å². The molecule has 1 saturated heterocycles. The summed E-state index contributed by atoms with van der Waals surface area (Å²) in [6, 6.07) is 8.60. The van der Waals surface area contributed by atoms with Gasteiger partial charge < -0.3 is 14.8 Å². The molecule has 0 amide bonds. The first-order valence-corrected chi connectivity index (χ1v) is 5.31. The summed E-state index contributed by atoms with van der Waals surface area (Å²) in [4.78, 5) is 0. The van der Waals surface area contributed by atoms with Crippen LogP contribution in [0.1, 0.15) is 18.5 Å². The van der Waals surface area contributed by atoms with Gasteiger partial charge in [0.05, 0.1) is 13.2 Å². The molecule has 1 aliphatic rings. The van der Waals surface area contributed by atoms with Crippen LogP contribution in [0, 0.1) is 0 Å². The summed E-state index contributed by atoms with van der Waals surface area (Å²) in [6.07, 6.45) is 0.248. The lowest BCUT2D eigenvalue weighted by Crippen LogP contribution is -2.38. The zero-order valence-electron chi connectivity index (χ0n) is 9.19. The fraction of sp³-hybridized carbons (Fsp3) is 0.500. The van der Waals surface area contributed by atoms with Crippen LogP contribution >= 0.6 is 0 Å². The second kappa shape index (κ2) is 4.64. The molecule has 1 unspecified atom stereocenters. The molecular weight excluding hydrogens is 190 g/mol. The predicted molar refractivity (Wildman–Crippen MR) is 59.2 cm³/mol. The van der Waals surface area contributed by atoms with E-state index in [2.05, 4.69) is 24.4 Å². The SMILES string of the molecule is CNC(C)c1ccc(OC2COC2)cc1. The van der Waals surface area contributed by atoms with E-state index in [-0.39, 0.29) is 6.10 Å². The van der Waals surface area contributed by atoms with Crippen molar-refractivity contribution in [1.82, 2.24) is 5.32 Å². The van der Waals surface area contributed by atoms with Gasteiger partial charge in [0, 0.05) is 6.04 Å². The Balaban J connectivity index is 1.96. The van der Waals surface area contributed by atoms with Gasteiger partial charge in [0.25, 0.3) is 0 Å². The second-order valence-electron chi connectivity index (χ2n) is 3.86. The predicted octanol–water partition coefficient (Wildman–Crippen LogP) is 1.74. The quantitative estimate of drug-likeness (QED) is 0.815. The third-order valence-corrected chi connectivity index (χ3v) is 2.72. The van der Waals surface area contributed by atoms with Crippen molar-refractivity contribution in [3.8, 4) is 5.75 Å². The highest BCUT2D eigenvalue weighted by Crippen LogP contribution is 2.19. The molecule has 1 aromatic carbocycles. The summed E-state index contributed by atoms with van der Waals surface area (Å²) in [7, 11) is 1.96. The molecule has 3 heteroatoms. The number of hydrogen-bond donors (Lipinski definition) is 1. The molecule has 2 rings (SSSR count). The Morgan fingerprint density at radius 1 is 1.33 bits per heavy atom. The third-order valence-electron chi connectivity index (χ3n) is 2.72. The van der Waals surface area contributed by atoms with Crippen molar-refractivity contribution in [2.24, 2.45) is 0 Å².